The average molecular weight is 554 g/mol. The Kier molecular flexibility index (Phi) is 11.1. The van der Waals surface area contributed by atoms with Crippen LogP contribution in [-0.2, 0) is 4.79 Å². The number of aromatic nitrogens is 2. The number of ether oxygens (including phenoxy) is 1. The number of aliphatic carboxylic acids is 1. The van der Waals surface area contributed by atoms with Crippen molar-refractivity contribution >= 4 is 11.9 Å². The van der Waals surface area contributed by atoms with Crippen molar-refractivity contribution in [3.63, 3.8) is 0 Å². The Balaban J connectivity index is 1.50. The van der Waals surface area contributed by atoms with Crippen LogP contribution in [0.1, 0.15) is 68.3 Å². The van der Waals surface area contributed by atoms with E-state index in [0.29, 0.717) is 23.8 Å². The van der Waals surface area contributed by atoms with Crippen LogP contribution in [0.15, 0.2) is 84.9 Å². The van der Waals surface area contributed by atoms with Crippen LogP contribution in [-0.4, -0.2) is 40.2 Å². The Labute approximate surface area is 242 Å². The van der Waals surface area contributed by atoms with Crippen molar-refractivity contribution in [3.05, 3.63) is 90.6 Å². The van der Waals surface area contributed by atoms with E-state index >= 15 is 0 Å². The molecule has 3 aromatic carbocycles. The molecule has 0 saturated heterocycles. The molecule has 214 valence electrons. The molecule has 0 aliphatic rings. The third kappa shape index (κ3) is 8.30. The average Bonchev–Trinajstić information content (AvgIpc) is 3.41. The highest BCUT2D eigenvalue weighted by atomic mass is 16.5. The van der Waals surface area contributed by atoms with E-state index in [-0.39, 0.29) is 12.3 Å². The first-order chi connectivity index (χ1) is 20.1. The predicted molar refractivity (Wildman–Crippen MR) is 163 cm³/mol. The van der Waals surface area contributed by atoms with Crippen LogP contribution < -0.4 is 10.1 Å². The molecule has 0 aliphatic heterocycles. The summed E-state index contributed by atoms with van der Waals surface area (Å²) in [6, 6.07) is 27.4. The molecule has 1 heterocycles. The molecule has 2 N–H and O–H groups in total. The summed E-state index contributed by atoms with van der Waals surface area (Å²) >= 11 is 0. The topological polar surface area (TPSA) is 93.5 Å². The van der Waals surface area contributed by atoms with Crippen molar-refractivity contribution in [2.45, 2.75) is 57.8 Å². The van der Waals surface area contributed by atoms with Crippen molar-refractivity contribution in [1.82, 2.24) is 14.9 Å². The number of benzene rings is 3. The van der Waals surface area contributed by atoms with Crippen LogP contribution >= 0.6 is 0 Å². The number of amides is 1. The first-order valence-electron chi connectivity index (χ1n) is 14.5. The number of carboxylic acids is 1. The predicted octanol–water partition coefficient (Wildman–Crippen LogP) is 7.54. The number of methoxy groups -OCH3 is 1. The Morgan fingerprint density at radius 1 is 0.756 bits per heavy atom. The van der Waals surface area contributed by atoms with Gasteiger partial charge in [-0.25, -0.2) is 4.98 Å². The molecule has 0 atom stereocenters. The number of hydrogen-bond donors (Lipinski definition) is 2. The van der Waals surface area contributed by atoms with E-state index in [0.717, 1.165) is 73.9 Å². The molecule has 0 radical (unpaired) electrons. The lowest BCUT2D eigenvalue weighted by atomic mass is 10.1. The van der Waals surface area contributed by atoms with Gasteiger partial charge in [0.1, 0.15) is 23.0 Å². The van der Waals surface area contributed by atoms with Crippen LogP contribution in [0.3, 0.4) is 0 Å². The van der Waals surface area contributed by atoms with E-state index in [4.69, 9.17) is 14.8 Å². The largest absolute Gasteiger partial charge is 0.497 e. The van der Waals surface area contributed by atoms with Crippen LogP contribution in [0.25, 0.3) is 28.3 Å². The third-order valence-corrected chi connectivity index (χ3v) is 7.11. The smallest absolute Gasteiger partial charge is 0.303 e. The SMILES string of the molecule is COc1ccc(-n2c(-c3ccccc3)nc(-c3ccccc3)c2C(=O)NCCCCCCCCCCC(=O)O)cc1. The summed E-state index contributed by atoms with van der Waals surface area (Å²) in [5, 5.41) is 11.9. The Morgan fingerprint density at radius 3 is 1.90 bits per heavy atom. The van der Waals surface area contributed by atoms with Crippen LogP contribution in [0, 0.1) is 0 Å². The second-order valence-corrected chi connectivity index (χ2v) is 10.1. The van der Waals surface area contributed by atoms with Gasteiger partial charge in [0.15, 0.2) is 0 Å². The van der Waals surface area contributed by atoms with Gasteiger partial charge in [-0.2, -0.15) is 0 Å². The zero-order chi connectivity index (χ0) is 28.9. The lowest BCUT2D eigenvalue weighted by molar-refractivity contribution is -0.137. The van der Waals surface area contributed by atoms with Gasteiger partial charge in [-0.15, -0.1) is 0 Å². The Bertz CT molecular complexity index is 1380. The molecule has 0 spiro atoms. The number of carbonyl (C=O) groups excluding carboxylic acids is 1. The van der Waals surface area contributed by atoms with Gasteiger partial charge in [0, 0.05) is 29.8 Å². The molecule has 41 heavy (non-hydrogen) atoms. The first-order valence-corrected chi connectivity index (χ1v) is 14.5. The molecule has 0 saturated carbocycles. The standard InChI is InChI=1S/C34H39N3O4/c1-41-29-23-21-28(22-24-29)37-32(34(40)35-25-15-7-5-3-2-4-6-14-20-30(38)39)31(26-16-10-8-11-17-26)36-33(37)27-18-12-9-13-19-27/h8-13,16-19,21-24H,2-7,14-15,20,25H2,1H3,(H,35,40)(H,38,39). The summed E-state index contributed by atoms with van der Waals surface area (Å²) in [4.78, 5) is 29.5. The van der Waals surface area contributed by atoms with E-state index in [1.54, 1.807) is 7.11 Å². The van der Waals surface area contributed by atoms with Crippen LogP contribution in [0.2, 0.25) is 0 Å². The molecule has 1 amide bonds. The monoisotopic (exact) mass is 553 g/mol. The lowest BCUT2D eigenvalue weighted by Crippen LogP contribution is -2.27. The third-order valence-electron chi connectivity index (χ3n) is 7.11. The fraction of sp³-hybridized carbons (Fsp3) is 0.324. The number of carboxylic acid groups (broad SMARTS) is 1. The molecular weight excluding hydrogens is 514 g/mol. The second kappa shape index (κ2) is 15.4. The van der Waals surface area contributed by atoms with Gasteiger partial charge in [0.25, 0.3) is 5.91 Å². The summed E-state index contributed by atoms with van der Waals surface area (Å²) in [7, 11) is 1.64. The number of nitrogens with one attached hydrogen (secondary N) is 1. The summed E-state index contributed by atoms with van der Waals surface area (Å²) in [5.74, 6) is 0.562. The van der Waals surface area contributed by atoms with Crippen LogP contribution in [0.5, 0.6) is 5.75 Å². The summed E-state index contributed by atoms with van der Waals surface area (Å²) < 4.78 is 7.31. The van der Waals surface area contributed by atoms with Crippen molar-refractivity contribution in [1.29, 1.82) is 0 Å². The number of imidazole rings is 1. The number of hydrogen-bond acceptors (Lipinski definition) is 4. The number of carbonyl (C=O) groups is 2. The minimum absolute atomic E-state index is 0.159. The molecule has 7 nitrogen and oxygen atoms in total. The van der Waals surface area contributed by atoms with Gasteiger partial charge >= 0.3 is 5.97 Å². The number of unbranched alkanes of at least 4 members (excludes halogenated alkanes) is 7. The molecule has 4 rings (SSSR count). The van der Waals surface area contributed by atoms with E-state index < -0.39 is 5.97 Å². The summed E-state index contributed by atoms with van der Waals surface area (Å²) in [6.45, 7) is 0.583. The maximum Gasteiger partial charge on any atom is 0.303 e. The summed E-state index contributed by atoms with van der Waals surface area (Å²) in [6.07, 6.45) is 8.35. The van der Waals surface area contributed by atoms with Gasteiger partial charge in [-0.1, -0.05) is 99.2 Å². The minimum atomic E-state index is -0.716. The number of rotatable bonds is 16. The van der Waals surface area contributed by atoms with Crippen molar-refractivity contribution in [2.24, 2.45) is 0 Å². The maximum absolute atomic E-state index is 13.8. The molecular formula is C34H39N3O4. The van der Waals surface area contributed by atoms with Gasteiger partial charge in [-0.3, -0.25) is 14.2 Å². The molecule has 0 aliphatic carbocycles. The van der Waals surface area contributed by atoms with E-state index in [1.165, 1.54) is 0 Å². The zero-order valence-electron chi connectivity index (χ0n) is 23.7. The highest BCUT2D eigenvalue weighted by Crippen LogP contribution is 2.33. The maximum atomic E-state index is 13.8. The molecule has 0 fully saturated rings. The highest BCUT2D eigenvalue weighted by molar-refractivity contribution is 6.00. The lowest BCUT2D eigenvalue weighted by Gasteiger charge is -2.14. The second-order valence-electron chi connectivity index (χ2n) is 10.1. The molecule has 1 aromatic heterocycles. The Hall–Kier alpha value is -4.39. The highest BCUT2D eigenvalue weighted by Gasteiger charge is 2.25. The zero-order valence-corrected chi connectivity index (χ0v) is 23.7. The van der Waals surface area contributed by atoms with Gasteiger partial charge in [-0.05, 0) is 37.1 Å². The van der Waals surface area contributed by atoms with Gasteiger partial charge in [0.05, 0.1) is 7.11 Å². The van der Waals surface area contributed by atoms with Crippen molar-refractivity contribution in [2.75, 3.05) is 13.7 Å². The molecule has 0 bridgehead atoms. The Morgan fingerprint density at radius 2 is 1.32 bits per heavy atom. The number of nitrogens with zero attached hydrogens (tertiary/aromatic N) is 2. The normalized spacial score (nSPS) is 10.9. The van der Waals surface area contributed by atoms with E-state index in [2.05, 4.69) is 5.32 Å². The van der Waals surface area contributed by atoms with Gasteiger partial charge in [0.2, 0.25) is 0 Å². The fourth-order valence-corrected chi connectivity index (χ4v) is 4.94. The minimum Gasteiger partial charge on any atom is -0.497 e. The fourth-order valence-electron chi connectivity index (χ4n) is 4.94. The van der Waals surface area contributed by atoms with Gasteiger partial charge < -0.3 is 15.2 Å². The molecule has 4 aromatic rings. The molecule has 0 unspecified atom stereocenters. The first kappa shape index (κ1) is 29.6. The van der Waals surface area contributed by atoms with E-state index in [1.807, 2.05) is 89.5 Å². The van der Waals surface area contributed by atoms with Crippen LogP contribution in [0.4, 0.5) is 0 Å². The van der Waals surface area contributed by atoms with Crippen molar-refractivity contribution < 1.29 is 19.4 Å². The molecule has 7 heteroatoms. The summed E-state index contributed by atoms with van der Waals surface area (Å²) in [5.41, 5.74) is 3.77. The van der Waals surface area contributed by atoms with E-state index in [9.17, 15) is 9.59 Å². The van der Waals surface area contributed by atoms with Crippen molar-refractivity contribution in [3.8, 4) is 34.1 Å². The quantitative estimate of drug-likeness (QED) is 0.140.